The summed E-state index contributed by atoms with van der Waals surface area (Å²) in [5.74, 6) is 1.82. The first-order chi connectivity index (χ1) is 38.1. The number of hydrogen-bond donors (Lipinski definition) is 0. The monoisotopic (exact) mass is 982 g/mol. The molecule has 0 bridgehead atoms. The Morgan fingerprint density at radius 2 is 0.818 bits per heavy atom. The van der Waals surface area contributed by atoms with E-state index >= 15 is 0 Å². The number of benzene rings is 11. The maximum Gasteiger partial charge on any atom is 0.252 e. The molecule has 0 unspecified atom stereocenters. The average Bonchev–Trinajstić information content (AvgIpc) is 3.91. The van der Waals surface area contributed by atoms with Crippen molar-refractivity contribution in [3.05, 3.63) is 272 Å². The summed E-state index contributed by atoms with van der Waals surface area (Å²) in [4.78, 5) is 20.8. The molecular formula is C70H47BN6. The highest BCUT2D eigenvalue weighted by molar-refractivity contribution is 7.00. The molecule has 77 heavy (non-hydrogen) atoms. The van der Waals surface area contributed by atoms with E-state index < -0.39 is 0 Å². The van der Waals surface area contributed by atoms with Gasteiger partial charge in [0.25, 0.3) is 6.71 Å². The summed E-state index contributed by atoms with van der Waals surface area (Å²) in [6.07, 6.45) is 0. The van der Waals surface area contributed by atoms with E-state index in [9.17, 15) is 0 Å². The van der Waals surface area contributed by atoms with Gasteiger partial charge in [0.2, 0.25) is 0 Å². The standard InChI is InChI=1S/C70H47BN6/c1-46-40-42-61-57(44-46)55-32-14-17-37-60(55)77(61)66-53(33-21-34-56(66)70-73-68(47-22-6-2-7-23-47)72-69(74-70)48-24-8-3-9-25-48)49-26-20-27-50(45-49)54-41-43-64-65-67(54)76(52-30-12-5-13-31-52)63-39-19-16-36-59(63)71(65)58-35-15-18-38-62(58)75(64)51-28-10-4-11-29-51/h2-45H,1H3. The molecular weight excluding hydrogens is 936 g/mol. The topological polar surface area (TPSA) is 50.1 Å². The Morgan fingerprint density at radius 3 is 1.48 bits per heavy atom. The maximum absolute atomic E-state index is 5.38. The molecule has 2 aromatic heterocycles. The average molecular weight is 983 g/mol. The van der Waals surface area contributed by atoms with E-state index in [1.807, 2.05) is 36.4 Å². The largest absolute Gasteiger partial charge is 0.311 e. The number of anilines is 6. The smallest absolute Gasteiger partial charge is 0.252 e. The first kappa shape index (κ1) is 44.4. The second-order valence-corrected chi connectivity index (χ2v) is 20.0. The summed E-state index contributed by atoms with van der Waals surface area (Å²) < 4.78 is 2.44. The molecule has 6 nitrogen and oxygen atoms in total. The highest BCUT2D eigenvalue weighted by atomic mass is 15.2. The van der Waals surface area contributed by atoms with Crippen molar-refractivity contribution in [2.24, 2.45) is 0 Å². The van der Waals surface area contributed by atoms with Crippen molar-refractivity contribution in [1.82, 2.24) is 19.5 Å². The van der Waals surface area contributed by atoms with Crippen LogP contribution in [-0.4, -0.2) is 26.2 Å². The second-order valence-electron chi connectivity index (χ2n) is 20.0. The summed E-state index contributed by atoms with van der Waals surface area (Å²) in [7, 11) is 0. The third kappa shape index (κ3) is 7.23. The predicted octanol–water partition coefficient (Wildman–Crippen LogP) is 15.7. The minimum absolute atomic E-state index is 0.0143. The Hall–Kier alpha value is -10.1. The molecule has 0 N–H and O–H groups in total. The molecule has 0 spiro atoms. The summed E-state index contributed by atoms with van der Waals surface area (Å²) in [6, 6.07) is 96.1. The van der Waals surface area contributed by atoms with Crippen LogP contribution in [0.3, 0.4) is 0 Å². The van der Waals surface area contributed by atoms with Crippen molar-refractivity contribution in [3.63, 3.8) is 0 Å². The van der Waals surface area contributed by atoms with Crippen molar-refractivity contribution in [1.29, 1.82) is 0 Å². The van der Waals surface area contributed by atoms with E-state index in [4.69, 9.17) is 15.0 Å². The van der Waals surface area contributed by atoms with Crippen LogP contribution in [0.15, 0.2) is 267 Å². The van der Waals surface area contributed by atoms with Crippen LogP contribution in [-0.2, 0) is 0 Å². The van der Waals surface area contributed by atoms with Gasteiger partial charge in [-0.3, -0.25) is 0 Å². The van der Waals surface area contributed by atoms with E-state index in [2.05, 4.69) is 252 Å². The number of aryl methyl sites for hydroxylation is 1. The lowest BCUT2D eigenvalue weighted by molar-refractivity contribution is 1.06. The van der Waals surface area contributed by atoms with E-state index in [0.29, 0.717) is 17.5 Å². The van der Waals surface area contributed by atoms with E-state index in [0.717, 1.165) is 67.0 Å². The molecule has 11 aromatic carbocycles. The Labute approximate surface area is 447 Å². The number of aromatic nitrogens is 4. The Bertz CT molecular complexity index is 4360. The van der Waals surface area contributed by atoms with Gasteiger partial charge < -0.3 is 14.4 Å². The highest BCUT2D eigenvalue weighted by Crippen LogP contribution is 2.49. The van der Waals surface area contributed by atoms with Crippen LogP contribution in [0, 0.1) is 6.92 Å². The lowest BCUT2D eigenvalue weighted by Crippen LogP contribution is -2.61. The fraction of sp³-hybridized carbons (Fsp3) is 0.0143. The normalized spacial score (nSPS) is 12.4. The van der Waals surface area contributed by atoms with Gasteiger partial charge in [-0.15, -0.1) is 0 Å². The van der Waals surface area contributed by atoms with Crippen molar-refractivity contribution in [3.8, 4) is 62.1 Å². The molecule has 0 atom stereocenters. The number of rotatable bonds is 8. The van der Waals surface area contributed by atoms with Gasteiger partial charge in [0.15, 0.2) is 17.5 Å². The van der Waals surface area contributed by atoms with Crippen molar-refractivity contribution >= 4 is 79.0 Å². The molecule has 4 heterocycles. The number of fused-ring (bicyclic) bond motifs is 7. The summed E-state index contributed by atoms with van der Waals surface area (Å²) in [5, 5.41) is 2.37. The minimum Gasteiger partial charge on any atom is -0.311 e. The van der Waals surface area contributed by atoms with Crippen molar-refractivity contribution in [2.45, 2.75) is 6.92 Å². The van der Waals surface area contributed by atoms with Crippen LogP contribution in [0.1, 0.15) is 5.56 Å². The SMILES string of the molecule is Cc1ccc2c(c1)c1ccccc1n2-c1c(-c2cccc(-c3ccc4c5c3N(c3ccccc3)c3ccccc3B5c3ccccc3N4c3ccccc3)c2)cccc1-c1nc(-c2ccccc2)nc(-c2ccccc2)n1. The molecule has 0 saturated carbocycles. The molecule has 2 aliphatic rings. The second kappa shape index (κ2) is 18.1. The fourth-order valence-electron chi connectivity index (χ4n) is 12.2. The number of hydrogen-bond acceptors (Lipinski definition) is 5. The van der Waals surface area contributed by atoms with Crippen LogP contribution in [0.5, 0.6) is 0 Å². The van der Waals surface area contributed by atoms with Crippen LogP contribution in [0.25, 0.3) is 83.9 Å². The third-order valence-corrected chi connectivity index (χ3v) is 15.5. The van der Waals surface area contributed by atoms with Crippen LogP contribution in [0.4, 0.5) is 34.1 Å². The lowest BCUT2D eigenvalue weighted by atomic mass is 9.33. The number of para-hydroxylation sites is 6. The molecule has 0 aliphatic carbocycles. The van der Waals surface area contributed by atoms with Gasteiger partial charge in [-0.1, -0.05) is 200 Å². The van der Waals surface area contributed by atoms with Crippen LogP contribution < -0.4 is 26.2 Å². The summed E-state index contributed by atoms with van der Waals surface area (Å²) >= 11 is 0. The molecule has 0 amide bonds. The fourth-order valence-corrected chi connectivity index (χ4v) is 12.2. The zero-order valence-corrected chi connectivity index (χ0v) is 42.2. The quantitative estimate of drug-likeness (QED) is 0.142. The Balaban J connectivity index is 1.01. The molecule has 0 fully saturated rings. The highest BCUT2D eigenvalue weighted by Gasteiger charge is 2.44. The van der Waals surface area contributed by atoms with Gasteiger partial charge in [-0.25, -0.2) is 15.0 Å². The van der Waals surface area contributed by atoms with Gasteiger partial charge in [-0.05, 0) is 107 Å². The van der Waals surface area contributed by atoms with E-state index in [1.165, 1.54) is 55.5 Å². The minimum atomic E-state index is -0.0143. The molecule has 13 aromatic rings. The van der Waals surface area contributed by atoms with Gasteiger partial charge in [-0.2, -0.15) is 0 Å². The molecule has 0 saturated heterocycles. The number of nitrogens with zero attached hydrogens (tertiary/aromatic N) is 6. The van der Waals surface area contributed by atoms with Gasteiger partial charge in [0, 0.05) is 67.0 Å². The van der Waals surface area contributed by atoms with Gasteiger partial charge in [0.1, 0.15) is 0 Å². The van der Waals surface area contributed by atoms with Gasteiger partial charge >= 0.3 is 0 Å². The molecule has 0 radical (unpaired) electrons. The summed E-state index contributed by atoms with van der Waals surface area (Å²) in [5.41, 5.74) is 22.3. The predicted molar refractivity (Wildman–Crippen MR) is 320 cm³/mol. The zero-order valence-electron chi connectivity index (χ0n) is 42.2. The molecule has 2 aliphatic heterocycles. The molecule has 360 valence electrons. The Morgan fingerprint density at radius 1 is 0.325 bits per heavy atom. The first-order valence-electron chi connectivity index (χ1n) is 26.3. The Kier molecular flexibility index (Phi) is 10.4. The zero-order chi connectivity index (χ0) is 51.0. The third-order valence-electron chi connectivity index (χ3n) is 15.5. The summed E-state index contributed by atoms with van der Waals surface area (Å²) in [6.45, 7) is 2.16. The van der Waals surface area contributed by atoms with E-state index in [1.54, 1.807) is 0 Å². The maximum atomic E-state index is 5.38. The van der Waals surface area contributed by atoms with Crippen molar-refractivity contribution in [2.75, 3.05) is 9.80 Å². The van der Waals surface area contributed by atoms with E-state index in [-0.39, 0.29) is 6.71 Å². The van der Waals surface area contributed by atoms with Crippen LogP contribution >= 0.6 is 0 Å². The van der Waals surface area contributed by atoms with Crippen molar-refractivity contribution < 1.29 is 0 Å². The van der Waals surface area contributed by atoms with Gasteiger partial charge in [0.05, 0.1) is 22.4 Å². The van der Waals surface area contributed by atoms with Crippen LogP contribution in [0.2, 0.25) is 0 Å². The first-order valence-corrected chi connectivity index (χ1v) is 26.3. The molecule has 7 heteroatoms. The molecule has 15 rings (SSSR count). The lowest BCUT2D eigenvalue weighted by Gasteiger charge is -2.45.